The lowest BCUT2D eigenvalue weighted by molar-refractivity contribution is 0.308. The molecule has 4 heterocycles. The highest BCUT2D eigenvalue weighted by Crippen LogP contribution is 2.42. The molecule has 0 unspecified atom stereocenters. The fourth-order valence-electron chi connectivity index (χ4n) is 4.76. The average Bonchev–Trinajstić information content (AvgIpc) is 3.02. The van der Waals surface area contributed by atoms with Crippen molar-refractivity contribution in [3.63, 3.8) is 0 Å². The Labute approximate surface area is 234 Å². The third kappa shape index (κ3) is 4.75. The Balaban J connectivity index is 1.54. The number of hydrogen-bond donors (Lipinski definition) is 0. The van der Waals surface area contributed by atoms with Crippen LogP contribution in [0, 0.1) is 0 Å². The molecular formula is C32H31N7O. The van der Waals surface area contributed by atoms with E-state index in [0.29, 0.717) is 6.61 Å². The van der Waals surface area contributed by atoms with Crippen molar-refractivity contribution in [2.75, 3.05) is 47.8 Å². The SMILES string of the molecule is CN1c2cccc(n2)N(C)c2cccc(n2)N(C)c2cccc(c2OCc2ccccc2)N(C)c2cccc1n2. The molecule has 1 aliphatic heterocycles. The molecule has 0 amide bonds. The van der Waals surface area contributed by atoms with E-state index in [9.17, 15) is 0 Å². The number of pyridine rings is 3. The number of hydrogen-bond acceptors (Lipinski definition) is 8. The molecule has 0 aliphatic carbocycles. The summed E-state index contributed by atoms with van der Waals surface area (Å²) in [5, 5.41) is 0. The minimum absolute atomic E-state index is 0.430. The Hall–Kier alpha value is -5.11. The van der Waals surface area contributed by atoms with E-state index in [1.54, 1.807) is 0 Å². The number of fused-ring (bicyclic) bond motifs is 8. The largest absolute Gasteiger partial charge is 0.485 e. The highest BCUT2D eigenvalue weighted by molar-refractivity contribution is 5.80. The first-order valence-electron chi connectivity index (χ1n) is 13.2. The molecule has 3 aromatic heterocycles. The van der Waals surface area contributed by atoms with Gasteiger partial charge in [-0.25, -0.2) is 15.0 Å². The molecule has 40 heavy (non-hydrogen) atoms. The van der Waals surface area contributed by atoms with E-state index in [1.807, 2.05) is 117 Å². The van der Waals surface area contributed by atoms with Gasteiger partial charge in [-0.3, -0.25) is 0 Å². The summed E-state index contributed by atoms with van der Waals surface area (Å²) in [6.45, 7) is 0.430. The maximum absolute atomic E-state index is 6.59. The van der Waals surface area contributed by atoms with Crippen LogP contribution in [0.3, 0.4) is 0 Å². The smallest absolute Gasteiger partial charge is 0.167 e. The molecule has 0 radical (unpaired) electrons. The van der Waals surface area contributed by atoms with Crippen LogP contribution in [0.15, 0.2) is 103 Å². The van der Waals surface area contributed by atoms with Crippen LogP contribution < -0.4 is 24.3 Å². The minimum atomic E-state index is 0.430. The quantitative estimate of drug-likeness (QED) is 0.252. The highest BCUT2D eigenvalue weighted by atomic mass is 16.5. The standard InChI is InChI=1S/C32H31N7O/c1-36-24-14-8-15-25(32(24)40-22-23-12-6-5-7-13-23)37(2)27-17-10-19-29(34-27)39(4)31-21-11-20-30(35-31)38(3)28-18-9-16-26(36)33-28/h5-21H,22H2,1-4H3. The molecule has 0 fully saturated rings. The van der Waals surface area contributed by atoms with Crippen molar-refractivity contribution in [2.24, 2.45) is 0 Å². The summed E-state index contributed by atoms with van der Waals surface area (Å²) in [5.74, 6) is 5.45. The summed E-state index contributed by atoms with van der Waals surface area (Å²) in [5.41, 5.74) is 2.88. The summed E-state index contributed by atoms with van der Waals surface area (Å²) in [4.78, 5) is 23.0. The zero-order valence-electron chi connectivity index (χ0n) is 23.1. The lowest BCUT2D eigenvalue weighted by Gasteiger charge is -2.29. The van der Waals surface area contributed by atoms with Gasteiger partial charge in [-0.1, -0.05) is 54.6 Å². The third-order valence-electron chi connectivity index (χ3n) is 7.14. The van der Waals surface area contributed by atoms with Gasteiger partial charge in [0.05, 0.1) is 11.4 Å². The predicted octanol–water partition coefficient (Wildman–Crippen LogP) is 6.84. The van der Waals surface area contributed by atoms with Crippen molar-refractivity contribution in [2.45, 2.75) is 6.61 Å². The van der Waals surface area contributed by atoms with Gasteiger partial charge in [-0.15, -0.1) is 0 Å². The predicted molar refractivity (Wildman–Crippen MR) is 162 cm³/mol. The topological polar surface area (TPSA) is 60.9 Å². The van der Waals surface area contributed by atoms with E-state index in [1.165, 1.54) is 0 Å². The number of anilines is 8. The maximum atomic E-state index is 6.59. The van der Waals surface area contributed by atoms with E-state index in [4.69, 9.17) is 19.7 Å². The summed E-state index contributed by atoms with van der Waals surface area (Å²) < 4.78 is 6.59. The van der Waals surface area contributed by atoms with E-state index < -0.39 is 0 Å². The van der Waals surface area contributed by atoms with Gasteiger partial charge in [-0.2, -0.15) is 0 Å². The van der Waals surface area contributed by atoms with Gasteiger partial charge in [0.25, 0.3) is 0 Å². The first kappa shape index (κ1) is 25.2. The van der Waals surface area contributed by atoms with Crippen LogP contribution in [0.5, 0.6) is 5.75 Å². The van der Waals surface area contributed by atoms with Gasteiger partial charge in [0.1, 0.15) is 41.5 Å². The van der Waals surface area contributed by atoms with E-state index in [0.717, 1.165) is 57.6 Å². The molecule has 2 aromatic carbocycles. The van der Waals surface area contributed by atoms with Crippen molar-refractivity contribution in [3.8, 4) is 5.75 Å². The van der Waals surface area contributed by atoms with Crippen LogP contribution in [0.25, 0.3) is 0 Å². The molecule has 0 atom stereocenters. The van der Waals surface area contributed by atoms with Crippen LogP contribution in [-0.2, 0) is 6.61 Å². The molecule has 0 N–H and O–H groups in total. The Kier molecular flexibility index (Phi) is 6.66. The summed E-state index contributed by atoms with van der Waals surface area (Å²) >= 11 is 0. The van der Waals surface area contributed by atoms with Crippen molar-refractivity contribution >= 4 is 46.3 Å². The molecule has 0 saturated heterocycles. The zero-order valence-corrected chi connectivity index (χ0v) is 23.1. The Morgan fingerprint density at radius 2 is 0.825 bits per heavy atom. The number of benzene rings is 2. The lowest BCUT2D eigenvalue weighted by Crippen LogP contribution is -2.20. The van der Waals surface area contributed by atoms with Crippen molar-refractivity contribution in [1.29, 1.82) is 0 Å². The molecule has 200 valence electrons. The molecule has 8 nitrogen and oxygen atoms in total. The molecule has 0 spiro atoms. The second kappa shape index (κ2) is 10.6. The minimum Gasteiger partial charge on any atom is -0.485 e. The molecule has 5 aromatic rings. The van der Waals surface area contributed by atoms with Gasteiger partial charge in [-0.05, 0) is 54.1 Å². The molecule has 8 bridgehead atoms. The second-order valence-electron chi connectivity index (χ2n) is 9.70. The Morgan fingerprint density at radius 3 is 1.25 bits per heavy atom. The first-order chi connectivity index (χ1) is 19.5. The molecule has 1 aliphatic rings. The molecular weight excluding hydrogens is 498 g/mol. The van der Waals surface area contributed by atoms with Crippen molar-refractivity contribution in [3.05, 3.63) is 109 Å². The zero-order chi connectivity index (χ0) is 27.6. The van der Waals surface area contributed by atoms with E-state index in [-0.39, 0.29) is 0 Å². The third-order valence-corrected chi connectivity index (χ3v) is 7.14. The Morgan fingerprint density at radius 1 is 0.450 bits per heavy atom. The lowest BCUT2D eigenvalue weighted by atomic mass is 10.2. The number of para-hydroxylation sites is 1. The summed E-state index contributed by atoms with van der Waals surface area (Å²) in [7, 11) is 7.97. The highest BCUT2D eigenvalue weighted by Gasteiger charge is 2.21. The molecule has 8 heteroatoms. The number of ether oxygens (including phenoxy) is 1. The van der Waals surface area contributed by atoms with Crippen LogP contribution in [-0.4, -0.2) is 43.1 Å². The fraction of sp³-hybridized carbons (Fsp3) is 0.156. The number of rotatable bonds is 3. The molecule has 0 saturated carbocycles. The van der Waals surface area contributed by atoms with Crippen LogP contribution >= 0.6 is 0 Å². The van der Waals surface area contributed by atoms with Gasteiger partial charge in [0, 0.05) is 28.2 Å². The average molecular weight is 530 g/mol. The van der Waals surface area contributed by atoms with Gasteiger partial charge >= 0.3 is 0 Å². The summed E-state index contributed by atoms with van der Waals surface area (Å²) in [6, 6.07) is 34.3. The normalized spacial score (nSPS) is 12.9. The van der Waals surface area contributed by atoms with Gasteiger partial charge in [0.15, 0.2) is 5.75 Å². The maximum Gasteiger partial charge on any atom is 0.167 e. The molecule has 6 rings (SSSR count). The van der Waals surface area contributed by atoms with Crippen LogP contribution in [0.2, 0.25) is 0 Å². The fourth-order valence-corrected chi connectivity index (χ4v) is 4.76. The van der Waals surface area contributed by atoms with E-state index >= 15 is 0 Å². The first-order valence-corrected chi connectivity index (χ1v) is 13.2. The second-order valence-corrected chi connectivity index (χ2v) is 9.70. The van der Waals surface area contributed by atoms with E-state index in [2.05, 4.69) is 34.1 Å². The Bertz CT molecular complexity index is 1550. The van der Waals surface area contributed by atoms with Crippen LogP contribution in [0.1, 0.15) is 5.56 Å². The van der Waals surface area contributed by atoms with Crippen molar-refractivity contribution in [1.82, 2.24) is 15.0 Å². The van der Waals surface area contributed by atoms with Crippen LogP contribution in [0.4, 0.5) is 46.3 Å². The van der Waals surface area contributed by atoms with Gasteiger partial charge < -0.3 is 24.3 Å². The summed E-state index contributed by atoms with van der Waals surface area (Å²) in [6.07, 6.45) is 0. The van der Waals surface area contributed by atoms with Gasteiger partial charge in [0.2, 0.25) is 0 Å². The number of aromatic nitrogens is 3. The number of nitrogens with zero attached hydrogens (tertiary/aromatic N) is 7. The monoisotopic (exact) mass is 529 g/mol. The van der Waals surface area contributed by atoms with Crippen molar-refractivity contribution < 1.29 is 4.74 Å².